The van der Waals surface area contributed by atoms with Gasteiger partial charge in [0.1, 0.15) is 6.04 Å². The third-order valence-electron chi connectivity index (χ3n) is 7.54. The van der Waals surface area contributed by atoms with Gasteiger partial charge in [0.15, 0.2) is 0 Å². The van der Waals surface area contributed by atoms with E-state index in [1.807, 2.05) is 6.07 Å². The molecule has 2 N–H and O–H groups in total. The van der Waals surface area contributed by atoms with Crippen molar-refractivity contribution in [2.45, 2.75) is 96.3 Å². The molecular weight excluding hydrogens is 386 g/mol. The first-order chi connectivity index (χ1) is 15.0. The van der Waals surface area contributed by atoms with E-state index in [9.17, 15) is 9.59 Å². The standard InChI is InChI=1S/C26H37N3O2/c1-4-21(5-2)28-23-9-7-6-8-19(23)14-18-11-12-22-20(15-18)16-29(26(22)31)24-13-10-17(3)27-25(24)30/h11-12,15,19,21,23-24,28H,3-10,13-14,16H2,1-2H3,(H,27,30)/t19-,23+,24?/m1/s1. The van der Waals surface area contributed by atoms with Gasteiger partial charge in [0, 0.05) is 29.9 Å². The summed E-state index contributed by atoms with van der Waals surface area (Å²) in [7, 11) is 0. The lowest BCUT2D eigenvalue weighted by atomic mass is 9.80. The average Bonchev–Trinajstić information content (AvgIpc) is 3.08. The third-order valence-corrected chi connectivity index (χ3v) is 7.54. The average molecular weight is 424 g/mol. The van der Waals surface area contributed by atoms with Crippen LogP contribution in [-0.4, -0.2) is 34.8 Å². The van der Waals surface area contributed by atoms with Crippen LogP contribution in [-0.2, 0) is 17.8 Å². The number of amides is 2. The van der Waals surface area contributed by atoms with Gasteiger partial charge in [-0.05, 0) is 68.1 Å². The van der Waals surface area contributed by atoms with Gasteiger partial charge in [-0.3, -0.25) is 9.59 Å². The van der Waals surface area contributed by atoms with Gasteiger partial charge in [-0.25, -0.2) is 0 Å². The Morgan fingerprint density at radius 2 is 1.94 bits per heavy atom. The zero-order valence-corrected chi connectivity index (χ0v) is 19.1. The van der Waals surface area contributed by atoms with Gasteiger partial charge >= 0.3 is 0 Å². The smallest absolute Gasteiger partial charge is 0.255 e. The summed E-state index contributed by atoms with van der Waals surface area (Å²) < 4.78 is 0. The number of rotatable bonds is 7. The van der Waals surface area contributed by atoms with Crippen LogP contribution >= 0.6 is 0 Å². The number of allylic oxidation sites excluding steroid dienone is 1. The molecule has 1 aromatic rings. The van der Waals surface area contributed by atoms with Crippen molar-refractivity contribution in [1.82, 2.24) is 15.5 Å². The summed E-state index contributed by atoms with van der Waals surface area (Å²) in [6, 6.07) is 7.14. The predicted octanol–water partition coefficient (Wildman–Crippen LogP) is 4.31. The molecule has 1 saturated heterocycles. The Bertz CT molecular complexity index is 845. The molecule has 2 amide bonds. The molecular formula is C26H37N3O2. The number of hydrogen-bond donors (Lipinski definition) is 2. The van der Waals surface area contributed by atoms with Gasteiger partial charge < -0.3 is 15.5 Å². The quantitative estimate of drug-likeness (QED) is 0.687. The summed E-state index contributed by atoms with van der Waals surface area (Å²) in [5.41, 5.74) is 3.89. The van der Waals surface area contributed by atoms with Crippen molar-refractivity contribution >= 4 is 11.8 Å². The molecule has 1 saturated carbocycles. The van der Waals surface area contributed by atoms with E-state index in [-0.39, 0.29) is 17.9 Å². The van der Waals surface area contributed by atoms with Crippen LogP contribution in [0.15, 0.2) is 30.5 Å². The summed E-state index contributed by atoms with van der Waals surface area (Å²) in [4.78, 5) is 27.1. The number of carbonyl (C=O) groups excluding carboxylic acids is 2. The summed E-state index contributed by atoms with van der Waals surface area (Å²) in [6.45, 7) is 8.92. The molecule has 0 radical (unpaired) electrons. The van der Waals surface area contributed by atoms with E-state index in [4.69, 9.17) is 0 Å². The second-order valence-corrected chi connectivity index (χ2v) is 9.61. The lowest BCUT2D eigenvalue weighted by Crippen LogP contribution is -2.49. The Hall–Kier alpha value is -2.14. The molecule has 5 heteroatoms. The lowest BCUT2D eigenvalue weighted by Gasteiger charge is -2.35. The minimum Gasteiger partial charge on any atom is -0.329 e. The number of piperidine rings is 1. The number of hydrogen-bond acceptors (Lipinski definition) is 3. The van der Waals surface area contributed by atoms with Crippen molar-refractivity contribution < 1.29 is 9.59 Å². The number of nitrogens with one attached hydrogen (secondary N) is 2. The number of nitrogens with zero attached hydrogens (tertiary/aromatic N) is 1. The van der Waals surface area contributed by atoms with Gasteiger partial charge in [0.05, 0.1) is 0 Å². The molecule has 4 rings (SSSR count). The van der Waals surface area contributed by atoms with Crippen LogP contribution in [0.4, 0.5) is 0 Å². The van der Waals surface area contributed by atoms with Gasteiger partial charge in [-0.15, -0.1) is 0 Å². The van der Waals surface area contributed by atoms with Crippen LogP contribution in [0.25, 0.3) is 0 Å². The van der Waals surface area contributed by atoms with Crippen LogP contribution in [0, 0.1) is 5.92 Å². The number of fused-ring (bicyclic) bond motifs is 1. The van der Waals surface area contributed by atoms with Crippen molar-refractivity contribution in [2.24, 2.45) is 5.92 Å². The lowest BCUT2D eigenvalue weighted by molar-refractivity contribution is -0.126. The van der Waals surface area contributed by atoms with Gasteiger partial charge in [0.2, 0.25) is 5.91 Å². The predicted molar refractivity (Wildman–Crippen MR) is 124 cm³/mol. The van der Waals surface area contributed by atoms with Crippen molar-refractivity contribution in [3.63, 3.8) is 0 Å². The molecule has 1 aromatic carbocycles. The molecule has 1 aliphatic carbocycles. The first-order valence-corrected chi connectivity index (χ1v) is 12.2. The normalized spacial score (nSPS) is 26.4. The zero-order chi connectivity index (χ0) is 22.0. The van der Waals surface area contributed by atoms with E-state index in [0.717, 1.165) is 29.7 Å². The molecule has 168 valence electrons. The minimum absolute atomic E-state index is 0.0137. The summed E-state index contributed by atoms with van der Waals surface area (Å²) in [5.74, 6) is 0.533. The van der Waals surface area contributed by atoms with E-state index in [2.05, 4.69) is 43.2 Å². The molecule has 1 unspecified atom stereocenters. The molecule has 0 bridgehead atoms. The van der Waals surface area contributed by atoms with Crippen LogP contribution in [0.3, 0.4) is 0 Å². The zero-order valence-electron chi connectivity index (χ0n) is 19.1. The van der Waals surface area contributed by atoms with Gasteiger partial charge in [-0.2, -0.15) is 0 Å². The molecule has 0 spiro atoms. The third kappa shape index (κ3) is 4.72. The topological polar surface area (TPSA) is 61.4 Å². The van der Waals surface area contributed by atoms with E-state index in [0.29, 0.717) is 31.0 Å². The summed E-state index contributed by atoms with van der Waals surface area (Å²) >= 11 is 0. The van der Waals surface area contributed by atoms with Crippen LogP contribution in [0.1, 0.15) is 86.7 Å². The highest BCUT2D eigenvalue weighted by atomic mass is 16.2. The largest absolute Gasteiger partial charge is 0.329 e. The van der Waals surface area contributed by atoms with E-state index in [1.165, 1.54) is 44.1 Å². The summed E-state index contributed by atoms with van der Waals surface area (Å²) in [6.07, 6.45) is 9.97. The molecule has 5 nitrogen and oxygen atoms in total. The number of carbonyl (C=O) groups is 2. The molecule has 2 fully saturated rings. The fraction of sp³-hybridized carbons (Fsp3) is 0.615. The van der Waals surface area contributed by atoms with Crippen molar-refractivity contribution in [2.75, 3.05) is 0 Å². The Kier molecular flexibility index (Phi) is 6.80. The number of benzene rings is 1. The first-order valence-electron chi connectivity index (χ1n) is 12.2. The van der Waals surface area contributed by atoms with E-state index >= 15 is 0 Å². The monoisotopic (exact) mass is 423 g/mol. The van der Waals surface area contributed by atoms with Crippen molar-refractivity contribution in [3.8, 4) is 0 Å². The summed E-state index contributed by atoms with van der Waals surface area (Å²) in [5, 5.41) is 6.74. The Morgan fingerprint density at radius 3 is 2.68 bits per heavy atom. The Balaban J connectivity index is 1.45. The van der Waals surface area contributed by atoms with E-state index < -0.39 is 0 Å². The highest BCUT2D eigenvalue weighted by Gasteiger charge is 2.38. The molecule has 2 heterocycles. The SMILES string of the molecule is C=C1CCC(N2Cc3cc(C[C@H]4CCCC[C@@H]4NC(CC)CC)ccc3C2=O)C(=O)N1. The fourth-order valence-electron chi connectivity index (χ4n) is 5.64. The molecule has 31 heavy (non-hydrogen) atoms. The maximum atomic E-state index is 13.0. The highest BCUT2D eigenvalue weighted by Crippen LogP contribution is 2.32. The molecule has 0 aromatic heterocycles. The van der Waals surface area contributed by atoms with Crippen molar-refractivity contribution in [1.29, 1.82) is 0 Å². The van der Waals surface area contributed by atoms with Crippen LogP contribution < -0.4 is 10.6 Å². The molecule has 3 atom stereocenters. The van der Waals surface area contributed by atoms with E-state index in [1.54, 1.807) is 4.90 Å². The Morgan fingerprint density at radius 1 is 1.16 bits per heavy atom. The molecule has 2 aliphatic heterocycles. The second-order valence-electron chi connectivity index (χ2n) is 9.61. The highest BCUT2D eigenvalue weighted by molar-refractivity contribution is 6.01. The maximum Gasteiger partial charge on any atom is 0.255 e. The molecule has 3 aliphatic rings. The maximum absolute atomic E-state index is 13.0. The van der Waals surface area contributed by atoms with Crippen molar-refractivity contribution in [3.05, 3.63) is 47.2 Å². The van der Waals surface area contributed by atoms with Crippen LogP contribution in [0.5, 0.6) is 0 Å². The van der Waals surface area contributed by atoms with Gasteiger partial charge in [0.25, 0.3) is 5.91 Å². The van der Waals surface area contributed by atoms with Crippen LogP contribution in [0.2, 0.25) is 0 Å². The van der Waals surface area contributed by atoms with Gasteiger partial charge in [-0.1, -0.05) is 45.4 Å². The second kappa shape index (κ2) is 9.56. The minimum atomic E-state index is -0.388. The fourth-order valence-corrected chi connectivity index (χ4v) is 5.64. The Labute approximate surface area is 186 Å². The first kappa shape index (κ1) is 22.1.